The van der Waals surface area contributed by atoms with E-state index in [-0.39, 0.29) is 18.6 Å². The van der Waals surface area contributed by atoms with Crippen molar-refractivity contribution in [3.8, 4) is 5.75 Å². The zero-order valence-electron chi connectivity index (χ0n) is 9.22. The zero-order valence-corrected chi connectivity index (χ0v) is 9.22. The molecule has 0 radical (unpaired) electrons. The van der Waals surface area contributed by atoms with Crippen LogP contribution in [0, 0.1) is 0 Å². The SMILES string of the molecule is CC(=O)N(O)CC1CCc2ccccc2O1. The molecule has 16 heavy (non-hydrogen) atoms. The number of carbonyl (C=O) groups is 1. The molecule has 1 heterocycles. The van der Waals surface area contributed by atoms with Crippen molar-refractivity contribution in [3.63, 3.8) is 0 Å². The third-order valence-electron chi connectivity index (χ3n) is 2.74. The molecule has 0 fully saturated rings. The summed E-state index contributed by atoms with van der Waals surface area (Å²) in [7, 11) is 0. The minimum Gasteiger partial charge on any atom is -0.488 e. The Morgan fingerprint density at radius 1 is 1.56 bits per heavy atom. The number of amides is 1. The quantitative estimate of drug-likeness (QED) is 0.610. The van der Waals surface area contributed by atoms with Gasteiger partial charge in [-0.1, -0.05) is 18.2 Å². The van der Waals surface area contributed by atoms with Gasteiger partial charge in [0.15, 0.2) is 0 Å². The molecule has 1 aliphatic heterocycles. The number of rotatable bonds is 2. The van der Waals surface area contributed by atoms with Gasteiger partial charge in [0.25, 0.3) is 0 Å². The molecule has 2 rings (SSSR count). The first-order chi connectivity index (χ1) is 7.66. The molecule has 1 N–H and O–H groups in total. The Hall–Kier alpha value is -1.55. The van der Waals surface area contributed by atoms with E-state index in [9.17, 15) is 10.0 Å². The highest BCUT2D eigenvalue weighted by molar-refractivity contribution is 5.71. The lowest BCUT2D eigenvalue weighted by Gasteiger charge is -2.28. The molecule has 4 nitrogen and oxygen atoms in total. The second-order valence-corrected chi connectivity index (χ2v) is 3.99. The summed E-state index contributed by atoms with van der Waals surface area (Å²) in [6.07, 6.45) is 1.62. The molecule has 1 aliphatic rings. The Labute approximate surface area is 94.4 Å². The minimum absolute atomic E-state index is 0.121. The van der Waals surface area contributed by atoms with E-state index in [0.29, 0.717) is 5.06 Å². The van der Waals surface area contributed by atoms with Gasteiger partial charge in [-0.2, -0.15) is 0 Å². The van der Waals surface area contributed by atoms with Gasteiger partial charge in [-0.05, 0) is 24.5 Å². The average molecular weight is 221 g/mol. The van der Waals surface area contributed by atoms with Gasteiger partial charge >= 0.3 is 0 Å². The Kier molecular flexibility index (Phi) is 3.10. The molecular weight excluding hydrogens is 206 g/mol. The lowest BCUT2D eigenvalue weighted by Crippen LogP contribution is -2.38. The number of fused-ring (bicyclic) bond motifs is 1. The fourth-order valence-corrected chi connectivity index (χ4v) is 1.83. The molecule has 0 bridgehead atoms. The number of hydroxylamine groups is 2. The highest BCUT2D eigenvalue weighted by atomic mass is 16.5. The summed E-state index contributed by atoms with van der Waals surface area (Å²) in [5.41, 5.74) is 1.19. The Morgan fingerprint density at radius 3 is 3.06 bits per heavy atom. The monoisotopic (exact) mass is 221 g/mol. The summed E-state index contributed by atoms with van der Waals surface area (Å²) in [5.74, 6) is 0.498. The molecule has 1 unspecified atom stereocenters. The molecular formula is C12H15NO3. The van der Waals surface area contributed by atoms with Crippen LogP contribution in [0.2, 0.25) is 0 Å². The van der Waals surface area contributed by atoms with E-state index < -0.39 is 0 Å². The standard InChI is InChI=1S/C12H15NO3/c1-9(14)13(15)8-11-7-6-10-4-2-3-5-12(10)16-11/h2-5,11,15H,6-8H2,1H3. The number of ether oxygens (including phenoxy) is 1. The number of benzene rings is 1. The van der Waals surface area contributed by atoms with Gasteiger partial charge in [0.2, 0.25) is 5.91 Å². The van der Waals surface area contributed by atoms with Crippen molar-refractivity contribution in [2.45, 2.75) is 25.9 Å². The first-order valence-electron chi connectivity index (χ1n) is 5.38. The summed E-state index contributed by atoms with van der Waals surface area (Å²) in [6.45, 7) is 1.56. The molecule has 0 aromatic heterocycles. The third-order valence-corrected chi connectivity index (χ3v) is 2.74. The maximum absolute atomic E-state index is 10.9. The normalized spacial score (nSPS) is 18.5. The largest absolute Gasteiger partial charge is 0.488 e. The van der Waals surface area contributed by atoms with Gasteiger partial charge in [-0.25, -0.2) is 5.06 Å². The number of para-hydroxylation sites is 1. The summed E-state index contributed by atoms with van der Waals surface area (Å²) in [6, 6.07) is 7.85. The van der Waals surface area contributed by atoms with Crippen LogP contribution in [-0.4, -0.2) is 28.8 Å². The van der Waals surface area contributed by atoms with Crippen molar-refractivity contribution in [1.82, 2.24) is 5.06 Å². The van der Waals surface area contributed by atoms with E-state index >= 15 is 0 Å². The second kappa shape index (κ2) is 4.53. The highest BCUT2D eigenvalue weighted by Crippen LogP contribution is 2.27. The van der Waals surface area contributed by atoms with E-state index in [0.717, 1.165) is 18.6 Å². The van der Waals surface area contributed by atoms with Crippen LogP contribution in [0.4, 0.5) is 0 Å². The maximum Gasteiger partial charge on any atom is 0.242 e. The zero-order chi connectivity index (χ0) is 11.5. The van der Waals surface area contributed by atoms with Crippen LogP contribution < -0.4 is 4.74 Å². The first-order valence-corrected chi connectivity index (χ1v) is 5.38. The molecule has 1 aromatic carbocycles. The van der Waals surface area contributed by atoms with E-state index in [4.69, 9.17) is 4.74 Å². The molecule has 0 spiro atoms. The lowest BCUT2D eigenvalue weighted by molar-refractivity contribution is -0.167. The van der Waals surface area contributed by atoms with E-state index in [1.165, 1.54) is 12.5 Å². The van der Waals surface area contributed by atoms with Crippen LogP contribution in [0.25, 0.3) is 0 Å². The van der Waals surface area contributed by atoms with Gasteiger partial charge in [0, 0.05) is 6.92 Å². The molecule has 1 amide bonds. The van der Waals surface area contributed by atoms with Crippen molar-refractivity contribution in [1.29, 1.82) is 0 Å². The summed E-state index contributed by atoms with van der Waals surface area (Å²) in [4.78, 5) is 10.9. The van der Waals surface area contributed by atoms with Gasteiger partial charge in [0.05, 0.1) is 6.54 Å². The van der Waals surface area contributed by atoms with Crippen molar-refractivity contribution < 1.29 is 14.7 Å². The molecule has 1 atom stereocenters. The fraction of sp³-hybridized carbons (Fsp3) is 0.417. The van der Waals surface area contributed by atoms with Crippen LogP contribution in [-0.2, 0) is 11.2 Å². The number of hydrogen-bond acceptors (Lipinski definition) is 3. The summed E-state index contributed by atoms with van der Waals surface area (Å²) in [5, 5.41) is 10.0. The minimum atomic E-state index is -0.359. The lowest BCUT2D eigenvalue weighted by atomic mass is 10.0. The van der Waals surface area contributed by atoms with E-state index in [1.54, 1.807) is 0 Å². The topological polar surface area (TPSA) is 49.8 Å². The Bertz CT molecular complexity index is 392. The Morgan fingerprint density at radius 2 is 2.31 bits per heavy atom. The summed E-state index contributed by atoms with van der Waals surface area (Å²) >= 11 is 0. The van der Waals surface area contributed by atoms with Gasteiger partial charge < -0.3 is 4.74 Å². The van der Waals surface area contributed by atoms with Crippen molar-refractivity contribution in [2.75, 3.05) is 6.54 Å². The number of aryl methyl sites for hydroxylation is 1. The molecule has 86 valence electrons. The second-order valence-electron chi connectivity index (χ2n) is 3.99. The summed E-state index contributed by atoms with van der Waals surface area (Å²) < 4.78 is 5.70. The van der Waals surface area contributed by atoms with Crippen LogP contribution in [0.5, 0.6) is 5.75 Å². The van der Waals surface area contributed by atoms with Gasteiger partial charge in [-0.3, -0.25) is 10.0 Å². The highest BCUT2D eigenvalue weighted by Gasteiger charge is 2.22. The van der Waals surface area contributed by atoms with Crippen molar-refractivity contribution >= 4 is 5.91 Å². The Balaban J connectivity index is 2.00. The first kappa shape index (κ1) is 11.0. The van der Waals surface area contributed by atoms with E-state index in [2.05, 4.69) is 0 Å². The number of carbonyl (C=O) groups excluding carboxylic acids is 1. The predicted octanol–water partition coefficient (Wildman–Crippen LogP) is 1.62. The van der Waals surface area contributed by atoms with Crippen LogP contribution in [0.3, 0.4) is 0 Å². The molecule has 0 aliphatic carbocycles. The molecule has 0 saturated heterocycles. The number of hydrogen-bond donors (Lipinski definition) is 1. The number of nitrogens with zero attached hydrogens (tertiary/aromatic N) is 1. The van der Waals surface area contributed by atoms with Crippen LogP contribution in [0.1, 0.15) is 18.9 Å². The van der Waals surface area contributed by atoms with Gasteiger partial charge in [0.1, 0.15) is 11.9 Å². The average Bonchev–Trinajstić information content (AvgIpc) is 2.28. The molecule has 4 heteroatoms. The van der Waals surface area contributed by atoms with Crippen molar-refractivity contribution in [3.05, 3.63) is 29.8 Å². The van der Waals surface area contributed by atoms with Crippen LogP contribution >= 0.6 is 0 Å². The van der Waals surface area contributed by atoms with Gasteiger partial charge in [-0.15, -0.1) is 0 Å². The predicted molar refractivity (Wildman–Crippen MR) is 58.4 cm³/mol. The van der Waals surface area contributed by atoms with Crippen molar-refractivity contribution in [2.24, 2.45) is 0 Å². The molecule has 1 aromatic rings. The smallest absolute Gasteiger partial charge is 0.242 e. The molecule has 0 saturated carbocycles. The fourth-order valence-electron chi connectivity index (χ4n) is 1.83. The maximum atomic E-state index is 10.9. The third kappa shape index (κ3) is 2.33. The van der Waals surface area contributed by atoms with Crippen LogP contribution in [0.15, 0.2) is 24.3 Å². The van der Waals surface area contributed by atoms with E-state index in [1.807, 2.05) is 24.3 Å².